The second-order valence-electron chi connectivity index (χ2n) is 6.06. The molecule has 0 aliphatic heterocycles. The molecule has 2 heterocycles. The van der Waals surface area contributed by atoms with E-state index >= 15 is 0 Å². The van der Waals surface area contributed by atoms with Crippen molar-refractivity contribution in [2.45, 2.75) is 58.0 Å². The minimum Gasteiger partial charge on any atom is -0.440 e. The summed E-state index contributed by atoms with van der Waals surface area (Å²) in [5.41, 5.74) is 1.09. The van der Waals surface area contributed by atoms with Gasteiger partial charge < -0.3 is 4.42 Å². The molecule has 4 heteroatoms. The van der Waals surface area contributed by atoms with Crippen LogP contribution in [-0.2, 0) is 6.54 Å². The van der Waals surface area contributed by atoms with E-state index < -0.39 is 0 Å². The summed E-state index contributed by atoms with van der Waals surface area (Å²) >= 11 is 1.68. The molecule has 1 aliphatic rings. The second kappa shape index (κ2) is 6.75. The molecule has 0 radical (unpaired) electrons. The van der Waals surface area contributed by atoms with Crippen LogP contribution in [0.3, 0.4) is 0 Å². The first-order valence-electron chi connectivity index (χ1n) is 7.94. The summed E-state index contributed by atoms with van der Waals surface area (Å²) in [5, 5.41) is 2.06. The van der Waals surface area contributed by atoms with Gasteiger partial charge >= 0.3 is 0 Å². The monoisotopic (exact) mass is 304 g/mol. The molecule has 0 amide bonds. The average molecular weight is 304 g/mol. The Morgan fingerprint density at radius 3 is 2.71 bits per heavy atom. The Morgan fingerprint density at radius 2 is 2.05 bits per heavy atom. The zero-order valence-electron chi connectivity index (χ0n) is 13.0. The first-order valence-corrected chi connectivity index (χ1v) is 8.82. The van der Waals surface area contributed by atoms with Gasteiger partial charge in [-0.2, -0.15) is 0 Å². The largest absolute Gasteiger partial charge is 0.440 e. The van der Waals surface area contributed by atoms with Gasteiger partial charge in [-0.25, -0.2) is 4.98 Å². The van der Waals surface area contributed by atoms with E-state index in [1.54, 1.807) is 11.3 Å². The Kier molecular flexibility index (Phi) is 4.76. The van der Waals surface area contributed by atoms with Crippen molar-refractivity contribution >= 4 is 11.3 Å². The molecular weight excluding hydrogens is 280 g/mol. The fraction of sp³-hybridized carbons (Fsp3) is 0.588. The summed E-state index contributed by atoms with van der Waals surface area (Å²) < 4.78 is 5.84. The quantitative estimate of drug-likeness (QED) is 0.755. The summed E-state index contributed by atoms with van der Waals surface area (Å²) in [6, 6.07) is 4.81. The number of aryl methyl sites for hydroxylation is 1. The van der Waals surface area contributed by atoms with Gasteiger partial charge in [0.15, 0.2) is 0 Å². The average Bonchev–Trinajstić information content (AvgIpc) is 3.02. The number of thiophene rings is 1. The molecule has 0 saturated heterocycles. The summed E-state index contributed by atoms with van der Waals surface area (Å²) in [6.07, 6.45) is 8.18. The summed E-state index contributed by atoms with van der Waals surface area (Å²) in [5.74, 6) is 1.73. The van der Waals surface area contributed by atoms with Crippen molar-refractivity contribution in [1.82, 2.24) is 9.88 Å². The normalized spacial score (nSPS) is 17.3. The van der Waals surface area contributed by atoms with Gasteiger partial charge in [0.05, 0.1) is 10.6 Å². The molecule has 21 heavy (non-hydrogen) atoms. The van der Waals surface area contributed by atoms with E-state index in [0.29, 0.717) is 6.04 Å². The van der Waals surface area contributed by atoms with Crippen LogP contribution in [0.1, 0.15) is 50.0 Å². The van der Waals surface area contributed by atoms with Crippen LogP contribution in [0, 0.1) is 6.92 Å². The molecule has 3 rings (SSSR count). The number of oxazole rings is 1. The predicted octanol–water partition coefficient (Wildman–Crippen LogP) is 4.87. The molecule has 1 aliphatic carbocycles. The molecule has 0 aromatic carbocycles. The third-order valence-electron chi connectivity index (χ3n) is 4.47. The molecule has 2 aromatic rings. The maximum atomic E-state index is 5.84. The lowest BCUT2D eigenvalue weighted by Crippen LogP contribution is -2.31. The number of hydrogen-bond donors (Lipinski definition) is 0. The Labute approximate surface area is 131 Å². The highest BCUT2D eigenvalue weighted by Gasteiger charge is 2.20. The van der Waals surface area contributed by atoms with E-state index in [1.807, 2.05) is 13.0 Å². The smallest absolute Gasteiger partial charge is 0.236 e. The standard InChI is InChI=1S/C17H24N2OS/c1-13-15(18-17(20-13)16-10-7-11-21-16)12-19(2)14-8-5-3-4-6-9-14/h7,10-11,14H,3-6,8-9,12H2,1-2H3. The van der Waals surface area contributed by atoms with Crippen molar-refractivity contribution in [3.8, 4) is 10.8 Å². The Bertz CT molecular complexity index is 553. The Morgan fingerprint density at radius 1 is 1.29 bits per heavy atom. The molecule has 1 fully saturated rings. The number of nitrogens with zero attached hydrogens (tertiary/aromatic N) is 2. The highest BCUT2D eigenvalue weighted by atomic mass is 32.1. The number of rotatable bonds is 4. The third-order valence-corrected chi connectivity index (χ3v) is 5.33. The van der Waals surface area contributed by atoms with E-state index in [2.05, 4.69) is 23.4 Å². The maximum Gasteiger partial charge on any atom is 0.236 e. The lowest BCUT2D eigenvalue weighted by molar-refractivity contribution is 0.210. The number of hydrogen-bond acceptors (Lipinski definition) is 4. The molecule has 0 atom stereocenters. The first-order chi connectivity index (χ1) is 10.2. The van der Waals surface area contributed by atoms with Crippen LogP contribution in [-0.4, -0.2) is 23.0 Å². The highest BCUT2D eigenvalue weighted by molar-refractivity contribution is 7.13. The van der Waals surface area contributed by atoms with Gasteiger partial charge in [0.2, 0.25) is 5.89 Å². The Balaban J connectivity index is 1.69. The molecular formula is C17H24N2OS. The van der Waals surface area contributed by atoms with Crippen LogP contribution < -0.4 is 0 Å². The zero-order chi connectivity index (χ0) is 14.7. The fourth-order valence-electron chi connectivity index (χ4n) is 3.14. The minimum absolute atomic E-state index is 0.703. The van der Waals surface area contributed by atoms with Gasteiger partial charge in [0.1, 0.15) is 5.76 Å². The van der Waals surface area contributed by atoms with Crippen molar-refractivity contribution in [2.24, 2.45) is 0 Å². The predicted molar refractivity (Wildman–Crippen MR) is 87.5 cm³/mol. The van der Waals surface area contributed by atoms with E-state index in [0.717, 1.165) is 28.8 Å². The summed E-state index contributed by atoms with van der Waals surface area (Å²) in [4.78, 5) is 8.29. The second-order valence-corrected chi connectivity index (χ2v) is 7.01. The van der Waals surface area contributed by atoms with Crippen LogP contribution in [0.5, 0.6) is 0 Å². The van der Waals surface area contributed by atoms with Crippen LogP contribution in [0.15, 0.2) is 21.9 Å². The van der Waals surface area contributed by atoms with Gasteiger partial charge in [0.25, 0.3) is 0 Å². The lowest BCUT2D eigenvalue weighted by atomic mass is 10.1. The van der Waals surface area contributed by atoms with Gasteiger partial charge in [-0.3, -0.25) is 4.90 Å². The van der Waals surface area contributed by atoms with E-state index in [1.165, 1.54) is 38.5 Å². The van der Waals surface area contributed by atoms with E-state index in [-0.39, 0.29) is 0 Å². The van der Waals surface area contributed by atoms with Gasteiger partial charge in [-0.15, -0.1) is 11.3 Å². The SMILES string of the molecule is Cc1oc(-c2cccs2)nc1CN(C)C1CCCCCC1. The van der Waals surface area contributed by atoms with E-state index in [4.69, 9.17) is 9.40 Å². The summed E-state index contributed by atoms with van der Waals surface area (Å²) in [6.45, 7) is 2.92. The molecule has 0 spiro atoms. The topological polar surface area (TPSA) is 29.3 Å². The number of aromatic nitrogens is 1. The van der Waals surface area contributed by atoms with Gasteiger partial charge in [0, 0.05) is 12.6 Å². The molecule has 0 N–H and O–H groups in total. The van der Waals surface area contributed by atoms with Crippen LogP contribution in [0.4, 0.5) is 0 Å². The van der Waals surface area contributed by atoms with Crippen molar-refractivity contribution in [3.05, 3.63) is 29.0 Å². The van der Waals surface area contributed by atoms with Crippen LogP contribution >= 0.6 is 11.3 Å². The Hall–Kier alpha value is -1.13. The molecule has 0 unspecified atom stereocenters. The molecule has 2 aromatic heterocycles. The highest BCUT2D eigenvalue weighted by Crippen LogP contribution is 2.27. The molecule has 0 bridgehead atoms. The van der Waals surface area contributed by atoms with Gasteiger partial charge in [-0.05, 0) is 38.3 Å². The van der Waals surface area contributed by atoms with Gasteiger partial charge in [-0.1, -0.05) is 31.7 Å². The van der Waals surface area contributed by atoms with Crippen molar-refractivity contribution in [2.75, 3.05) is 7.05 Å². The van der Waals surface area contributed by atoms with Crippen LogP contribution in [0.2, 0.25) is 0 Å². The van der Waals surface area contributed by atoms with Crippen molar-refractivity contribution in [1.29, 1.82) is 0 Å². The lowest BCUT2D eigenvalue weighted by Gasteiger charge is -2.26. The van der Waals surface area contributed by atoms with Crippen molar-refractivity contribution < 1.29 is 4.42 Å². The summed E-state index contributed by atoms with van der Waals surface area (Å²) in [7, 11) is 2.23. The molecule has 114 valence electrons. The van der Waals surface area contributed by atoms with Crippen LogP contribution in [0.25, 0.3) is 10.8 Å². The van der Waals surface area contributed by atoms with Crippen molar-refractivity contribution in [3.63, 3.8) is 0 Å². The van der Waals surface area contributed by atoms with E-state index in [9.17, 15) is 0 Å². The molecule has 3 nitrogen and oxygen atoms in total. The first kappa shape index (κ1) is 14.8. The zero-order valence-corrected chi connectivity index (χ0v) is 13.8. The minimum atomic E-state index is 0.703. The molecule has 1 saturated carbocycles. The maximum absolute atomic E-state index is 5.84. The third kappa shape index (κ3) is 3.55. The fourth-order valence-corrected chi connectivity index (χ4v) is 3.79.